The summed E-state index contributed by atoms with van der Waals surface area (Å²) in [5, 5.41) is 0. The van der Waals surface area contributed by atoms with Crippen molar-refractivity contribution >= 4 is 12.3 Å². The molecule has 0 atom stereocenters. The average molecular weight is 529 g/mol. The molecule has 204 valence electrons. The van der Waals surface area contributed by atoms with Crippen LogP contribution in [-0.2, 0) is 22.3 Å². The normalized spacial score (nSPS) is 10.8. The highest BCUT2D eigenvalue weighted by Crippen LogP contribution is 2.30. The summed E-state index contributed by atoms with van der Waals surface area (Å²) < 4.78 is 21.1. The van der Waals surface area contributed by atoms with E-state index < -0.39 is 17.9 Å². The molecule has 3 aromatic rings. The number of unbranched alkanes of at least 4 members (excludes halogenated alkanes) is 1. The van der Waals surface area contributed by atoms with E-state index in [4.69, 9.17) is 25.4 Å². The van der Waals surface area contributed by atoms with Crippen LogP contribution >= 0.6 is 0 Å². The molecule has 0 unspecified atom stereocenters. The first-order valence-corrected chi connectivity index (χ1v) is 13.2. The molecule has 3 aromatic carbocycles. The van der Waals surface area contributed by atoms with Crippen molar-refractivity contribution < 1.29 is 28.5 Å². The van der Waals surface area contributed by atoms with Crippen molar-refractivity contribution in [1.29, 1.82) is 0 Å². The molecule has 0 aliphatic heterocycles. The molecule has 0 aromatic heterocycles. The fourth-order valence-corrected chi connectivity index (χ4v) is 4.02. The Balaban J connectivity index is 1.71. The number of benzene rings is 3. The van der Waals surface area contributed by atoms with Crippen LogP contribution in [0.15, 0.2) is 66.7 Å². The van der Waals surface area contributed by atoms with Crippen molar-refractivity contribution in [1.82, 2.24) is 0 Å². The summed E-state index contributed by atoms with van der Waals surface area (Å²) in [7, 11) is 0. The van der Waals surface area contributed by atoms with Gasteiger partial charge in [0, 0.05) is 5.56 Å². The van der Waals surface area contributed by atoms with Gasteiger partial charge in [-0.05, 0) is 93.0 Å². The van der Waals surface area contributed by atoms with Crippen LogP contribution in [0.25, 0.3) is 11.1 Å². The van der Waals surface area contributed by atoms with Crippen molar-refractivity contribution in [3.05, 3.63) is 83.4 Å². The molecule has 0 saturated carbocycles. The number of hydrogen-bond acceptors (Lipinski definition) is 6. The SMILES string of the molecule is C#Cc1cccc(-c2ccc(OC(=O)OC(C)(C)C)cc2)c1CCCc1ccccc1OC(=O)OCCCC. The molecule has 0 N–H and O–H groups in total. The average Bonchev–Trinajstić information content (AvgIpc) is 2.89. The Morgan fingerprint density at radius 2 is 1.59 bits per heavy atom. The number of para-hydroxylation sites is 1. The molecule has 0 heterocycles. The predicted molar refractivity (Wildman–Crippen MR) is 152 cm³/mol. The van der Waals surface area contributed by atoms with E-state index in [1.165, 1.54) is 0 Å². The lowest BCUT2D eigenvalue weighted by Crippen LogP contribution is -2.25. The first kappa shape index (κ1) is 29.3. The maximum Gasteiger partial charge on any atom is 0.514 e. The molecule has 0 bridgehead atoms. The fraction of sp³-hybridized carbons (Fsp3) is 0.333. The van der Waals surface area contributed by atoms with E-state index in [-0.39, 0.29) is 0 Å². The highest BCUT2D eigenvalue weighted by Gasteiger charge is 2.18. The van der Waals surface area contributed by atoms with Gasteiger partial charge >= 0.3 is 12.3 Å². The number of aryl methyl sites for hydroxylation is 1. The van der Waals surface area contributed by atoms with Gasteiger partial charge in [-0.1, -0.05) is 61.7 Å². The minimum absolute atomic E-state index is 0.345. The zero-order chi connectivity index (χ0) is 28.3. The monoisotopic (exact) mass is 528 g/mol. The lowest BCUT2D eigenvalue weighted by atomic mass is 9.91. The van der Waals surface area contributed by atoms with Crippen LogP contribution in [-0.4, -0.2) is 24.5 Å². The second-order valence-electron chi connectivity index (χ2n) is 10.1. The van der Waals surface area contributed by atoms with Gasteiger partial charge < -0.3 is 18.9 Å². The number of rotatable bonds is 10. The second-order valence-corrected chi connectivity index (χ2v) is 10.1. The summed E-state index contributed by atoms with van der Waals surface area (Å²) in [5.74, 6) is 3.70. The van der Waals surface area contributed by atoms with Crippen molar-refractivity contribution in [2.45, 2.75) is 65.4 Å². The molecule has 6 nitrogen and oxygen atoms in total. The first-order chi connectivity index (χ1) is 18.7. The highest BCUT2D eigenvalue weighted by atomic mass is 16.7. The molecule has 0 spiro atoms. The maximum atomic E-state index is 12.1. The van der Waals surface area contributed by atoms with E-state index in [0.717, 1.165) is 53.5 Å². The van der Waals surface area contributed by atoms with Crippen molar-refractivity contribution in [2.24, 2.45) is 0 Å². The van der Waals surface area contributed by atoms with Gasteiger partial charge in [-0.2, -0.15) is 0 Å². The van der Waals surface area contributed by atoms with Gasteiger partial charge in [0.05, 0.1) is 6.61 Å². The molecule has 0 saturated heterocycles. The van der Waals surface area contributed by atoms with Gasteiger partial charge in [-0.25, -0.2) is 9.59 Å². The van der Waals surface area contributed by atoms with E-state index in [1.54, 1.807) is 39.0 Å². The summed E-state index contributed by atoms with van der Waals surface area (Å²) in [5.41, 5.74) is 4.14. The summed E-state index contributed by atoms with van der Waals surface area (Å²) in [6.45, 7) is 7.73. The molecule has 0 radical (unpaired) electrons. The minimum atomic E-state index is -0.747. The van der Waals surface area contributed by atoms with Gasteiger partial charge in [-0.15, -0.1) is 6.42 Å². The van der Waals surface area contributed by atoms with Crippen LogP contribution in [0.3, 0.4) is 0 Å². The summed E-state index contributed by atoms with van der Waals surface area (Å²) in [6, 6.07) is 20.6. The van der Waals surface area contributed by atoms with Crippen LogP contribution in [0.5, 0.6) is 11.5 Å². The smallest absolute Gasteiger partial charge is 0.434 e. The van der Waals surface area contributed by atoms with Crippen LogP contribution in [0, 0.1) is 12.3 Å². The molecule has 39 heavy (non-hydrogen) atoms. The number of carbonyl (C=O) groups excluding carboxylic acids is 2. The van der Waals surface area contributed by atoms with Gasteiger partial charge in [0.25, 0.3) is 0 Å². The van der Waals surface area contributed by atoms with Gasteiger partial charge in [-0.3, -0.25) is 0 Å². The Kier molecular flexibility index (Phi) is 10.6. The Hall–Kier alpha value is -4.24. The summed E-state index contributed by atoms with van der Waals surface area (Å²) >= 11 is 0. The predicted octanol–water partition coefficient (Wildman–Crippen LogP) is 8.14. The Labute approximate surface area is 231 Å². The second kappa shape index (κ2) is 14.1. The minimum Gasteiger partial charge on any atom is -0.434 e. The van der Waals surface area contributed by atoms with Crippen LogP contribution in [0.4, 0.5) is 9.59 Å². The van der Waals surface area contributed by atoms with Crippen LogP contribution < -0.4 is 9.47 Å². The van der Waals surface area contributed by atoms with Gasteiger partial charge in [0.1, 0.15) is 17.1 Å². The van der Waals surface area contributed by atoms with E-state index in [2.05, 4.69) is 5.92 Å². The maximum absolute atomic E-state index is 12.1. The molecule has 0 fully saturated rings. The number of terminal acetylenes is 1. The Bertz CT molecular complexity index is 1300. The van der Waals surface area contributed by atoms with Crippen molar-refractivity contribution in [2.75, 3.05) is 6.61 Å². The van der Waals surface area contributed by atoms with E-state index in [1.807, 2.05) is 55.5 Å². The largest absolute Gasteiger partial charge is 0.514 e. The lowest BCUT2D eigenvalue weighted by molar-refractivity contribution is 0.0206. The topological polar surface area (TPSA) is 71.1 Å². The zero-order valence-electron chi connectivity index (χ0n) is 23.1. The number of carbonyl (C=O) groups is 2. The molecule has 0 aliphatic carbocycles. The third kappa shape index (κ3) is 9.22. The zero-order valence-corrected chi connectivity index (χ0v) is 23.1. The summed E-state index contributed by atoms with van der Waals surface area (Å²) in [6.07, 6.45) is 8.36. The molecule has 6 heteroatoms. The first-order valence-electron chi connectivity index (χ1n) is 13.2. The van der Waals surface area contributed by atoms with E-state index in [9.17, 15) is 9.59 Å². The highest BCUT2D eigenvalue weighted by molar-refractivity contribution is 5.72. The Morgan fingerprint density at radius 3 is 2.28 bits per heavy atom. The third-order valence-corrected chi connectivity index (χ3v) is 5.84. The summed E-state index contributed by atoms with van der Waals surface area (Å²) in [4.78, 5) is 24.1. The Morgan fingerprint density at radius 1 is 0.846 bits per heavy atom. The van der Waals surface area contributed by atoms with Gasteiger partial charge in [0.2, 0.25) is 0 Å². The quantitative estimate of drug-likeness (QED) is 0.114. The molecule has 0 amide bonds. The fourth-order valence-electron chi connectivity index (χ4n) is 4.02. The molecule has 3 rings (SSSR count). The van der Waals surface area contributed by atoms with Crippen LogP contribution in [0.1, 0.15) is 63.6 Å². The number of hydrogen-bond donors (Lipinski definition) is 0. The number of ether oxygens (including phenoxy) is 4. The molecular weight excluding hydrogens is 492 g/mol. The van der Waals surface area contributed by atoms with Crippen molar-refractivity contribution in [3.8, 4) is 35.0 Å². The van der Waals surface area contributed by atoms with Crippen LogP contribution in [0.2, 0.25) is 0 Å². The van der Waals surface area contributed by atoms with E-state index >= 15 is 0 Å². The van der Waals surface area contributed by atoms with E-state index in [0.29, 0.717) is 24.5 Å². The third-order valence-electron chi connectivity index (χ3n) is 5.84. The molecule has 0 aliphatic rings. The van der Waals surface area contributed by atoms with Crippen molar-refractivity contribution in [3.63, 3.8) is 0 Å². The lowest BCUT2D eigenvalue weighted by Gasteiger charge is -2.18. The standard InChI is InChI=1S/C33H36O6/c1-6-8-23-36-31(34)38-30-18-10-9-13-26(30)15-12-16-28-24(7-2)14-11-17-29(28)25-19-21-27(22-20-25)37-32(35)39-33(3,4)5/h2,9-11,13-14,17-22H,6,8,12,15-16,23H2,1,3-5H3. The van der Waals surface area contributed by atoms with Gasteiger partial charge in [0.15, 0.2) is 0 Å². The molecular formula is C33H36O6.